The van der Waals surface area contributed by atoms with Gasteiger partial charge in [0.15, 0.2) is 0 Å². The average Bonchev–Trinajstić information content (AvgIpc) is 2.51. The fourth-order valence-corrected chi connectivity index (χ4v) is 2.33. The van der Waals surface area contributed by atoms with Crippen molar-refractivity contribution in [3.63, 3.8) is 0 Å². The van der Waals surface area contributed by atoms with Gasteiger partial charge in [0, 0.05) is 16.3 Å². The molecule has 3 N–H and O–H groups in total. The number of nitrogens with zero attached hydrogens (tertiary/aromatic N) is 1. The molecule has 6 heteroatoms. The van der Waals surface area contributed by atoms with E-state index in [0.717, 1.165) is 0 Å². The van der Waals surface area contributed by atoms with Crippen molar-refractivity contribution in [1.29, 1.82) is 0 Å². The van der Waals surface area contributed by atoms with Crippen molar-refractivity contribution in [1.82, 2.24) is 5.43 Å². The molecule has 0 aromatic heterocycles. The second-order valence-electron chi connectivity index (χ2n) is 4.56. The molecule has 2 aromatic carbocycles. The third kappa shape index (κ3) is 3.78. The summed E-state index contributed by atoms with van der Waals surface area (Å²) >= 11 is 12.0. The first-order valence-corrected chi connectivity index (χ1v) is 7.45. The Morgan fingerprint density at radius 1 is 1.18 bits per heavy atom. The molecule has 0 fully saturated rings. The van der Waals surface area contributed by atoms with Crippen molar-refractivity contribution in [2.45, 2.75) is 13.3 Å². The Bertz CT molecular complexity index is 729. The molecule has 0 aliphatic carbocycles. The summed E-state index contributed by atoms with van der Waals surface area (Å²) in [5.41, 5.74) is 10.7. The fraction of sp³-hybridized carbons (Fsp3) is 0.125. The molecule has 0 unspecified atom stereocenters. The number of carbonyl (C=O) groups is 1. The highest BCUT2D eigenvalue weighted by Crippen LogP contribution is 2.20. The van der Waals surface area contributed by atoms with Crippen molar-refractivity contribution in [2.75, 3.05) is 5.73 Å². The maximum Gasteiger partial charge on any atom is 0.272 e. The Hall–Kier alpha value is -2.04. The van der Waals surface area contributed by atoms with E-state index in [4.69, 9.17) is 28.9 Å². The molecule has 0 saturated heterocycles. The largest absolute Gasteiger partial charge is 0.398 e. The zero-order chi connectivity index (χ0) is 16.1. The summed E-state index contributed by atoms with van der Waals surface area (Å²) in [5.74, 6) is -0.378. The molecule has 2 aromatic rings. The van der Waals surface area contributed by atoms with Gasteiger partial charge < -0.3 is 5.73 Å². The predicted octanol–water partition coefficient (Wildman–Crippen LogP) is 4.12. The minimum Gasteiger partial charge on any atom is -0.398 e. The number of hydrazone groups is 1. The summed E-state index contributed by atoms with van der Waals surface area (Å²) in [6.07, 6.45) is 0.591. The van der Waals surface area contributed by atoms with Gasteiger partial charge >= 0.3 is 0 Å². The molecule has 4 nitrogen and oxygen atoms in total. The molecule has 0 bridgehead atoms. The number of halogens is 2. The highest BCUT2D eigenvalue weighted by Gasteiger charge is 2.11. The molecule has 0 spiro atoms. The summed E-state index contributed by atoms with van der Waals surface area (Å²) in [7, 11) is 0. The van der Waals surface area contributed by atoms with Crippen LogP contribution in [0.25, 0.3) is 0 Å². The zero-order valence-electron chi connectivity index (χ0n) is 11.9. The van der Waals surface area contributed by atoms with E-state index in [9.17, 15) is 4.79 Å². The normalized spacial score (nSPS) is 11.3. The van der Waals surface area contributed by atoms with Gasteiger partial charge in [-0.05, 0) is 36.8 Å². The highest BCUT2D eigenvalue weighted by molar-refractivity contribution is 6.33. The molecular weight excluding hydrogens is 321 g/mol. The summed E-state index contributed by atoms with van der Waals surface area (Å²) in [5, 5.41) is 5.08. The van der Waals surface area contributed by atoms with Crippen LogP contribution in [-0.2, 0) is 0 Å². The Labute approximate surface area is 138 Å². The first kappa shape index (κ1) is 16.3. The number of nitrogens with two attached hydrogens (primary N) is 1. The topological polar surface area (TPSA) is 67.5 Å². The molecule has 0 aliphatic rings. The molecule has 114 valence electrons. The van der Waals surface area contributed by atoms with Crippen LogP contribution in [0.15, 0.2) is 47.6 Å². The fourth-order valence-electron chi connectivity index (χ4n) is 1.93. The standard InChI is InChI=1S/C16H15Cl2N3O/c1-2-15(12-9-10(17)7-8-14(12)19)20-21-16(22)11-5-3-4-6-13(11)18/h3-9H,2,19H2,1H3,(H,21,22)/b20-15+. The van der Waals surface area contributed by atoms with E-state index in [-0.39, 0.29) is 5.91 Å². The number of hydrogen-bond donors (Lipinski definition) is 2. The number of anilines is 1. The minimum atomic E-state index is -0.378. The van der Waals surface area contributed by atoms with Crippen molar-refractivity contribution in [3.05, 3.63) is 63.6 Å². The van der Waals surface area contributed by atoms with Gasteiger partial charge in [0.25, 0.3) is 5.91 Å². The van der Waals surface area contributed by atoms with Gasteiger partial charge in [-0.2, -0.15) is 5.10 Å². The lowest BCUT2D eigenvalue weighted by Gasteiger charge is -2.09. The van der Waals surface area contributed by atoms with Crippen molar-refractivity contribution in [3.8, 4) is 0 Å². The first-order valence-electron chi connectivity index (χ1n) is 6.69. The summed E-state index contributed by atoms with van der Waals surface area (Å²) in [6, 6.07) is 11.9. The van der Waals surface area contributed by atoms with Crippen LogP contribution < -0.4 is 11.2 Å². The van der Waals surface area contributed by atoms with Gasteiger partial charge in [0.1, 0.15) is 0 Å². The molecule has 0 radical (unpaired) electrons. The van der Waals surface area contributed by atoms with Crippen LogP contribution in [0.1, 0.15) is 29.3 Å². The smallest absolute Gasteiger partial charge is 0.272 e. The van der Waals surface area contributed by atoms with E-state index in [2.05, 4.69) is 10.5 Å². The van der Waals surface area contributed by atoms with Crippen LogP contribution in [0.4, 0.5) is 5.69 Å². The molecule has 0 aliphatic heterocycles. The Kier molecular flexibility index (Phi) is 5.41. The van der Waals surface area contributed by atoms with E-state index >= 15 is 0 Å². The summed E-state index contributed by atoms with van der Waals surface area (Å²) in [4.78, 5) is 12.1. The molecule has 0 atom stereocenters. The van der Waals surface area contributed by atoms with E-state index in [1.54, 1.807) is 42.5 Å². The lowest BCUT2D eigenvalue weighted by Crippen LogP contribution is -2.20. The number of nitrogens with one attached hydrogen (secondary N) is 1. The summed E-state index contributed by atoms with van der Waals surface area (Å²) < 4.78 is 0. The van der Waals surface area contributed by atoms with Crippen LogP contribution >= 0.6 is 23.2 Å². The van der Waals surface area contributed by atoms with Gasteiger partial charge in [-0.25, -0.2) is 5.43 Å². The number of benzene rings is 2. The number of hydrogen-bond acceptors (Lipinski definition) is 3. The van der Waals surface area contributed by atoms with Crippen LogP contribution in [0.5, 0.6) is 0 Å². The van der Waals surface area contributed by atoms with Gasteiger partial charge in [-0.3, -0.25) is 4.79 Å². The molecule has 1 amide bonds. The van der Waals surface area contributed by atoms with E-state index in [1.165, 1.54) is 0 Å². The Balaban J connectivity index is 2.25. The highest BCUT2D eigenvalue weighted by atomic mass is 35.5. The maximum absolute atomic E-state index is 12.1. The molecular formula is C16H15Cl2N3O. The molecule has 0 saturated carbocycles. The second kappa shape index (κ2) is 7.29. The third-order valence-corrected chi connectivity index (χ3v) is 3.64. The van der Waals surface area contributed by atoms with Gasteiger partial charge in [-0.1, -0.05) is 42.3 Å². The van der Waals surface area contributed by atoms with Crippen LogP contribution in [-0.4, -0.2) is 11.6 Å². The molecule has 2 rings (SSSR count). The van der Waals surface area contributed by atoms with Crippen molar-refractivity contribution in [2.24, 2.45) is 5.10 Å². The van der Waals surface area contributed by atoms with Crippen molar-refractivity contribution >= 4 is 40.5 Å². The van der Waals surface area contributed by atoms with Gasteiger partial charge in [0.2, 0.25) is 0 Å². The van der Waals surface area contributed by atoms with Crippen LogP contribution in [0.3, 0.4) is 0 Å². The van der Waals surface area contributed by atoms with E-state index in [0.29, 0.717) is 39.0 Å². The number of rotatable bonds is 4. The SMILES string of the molecule is CC/C(=N\NC(=O)c1ccccc1Cl)c1cc(Cl)ccc1N. The van der Waals surface area contributed by atoms with E-state index < -0.39 is 0 Å². The Morgan fingerprint density at radius 3 is 2.59 bits per heavy atom. The first-order chi connectivity index (χ1) is 10.5. The quantitative estimate of drug-likeness (QED) is 0.501. The van der Waals surface area contributed by atoms with Gasteiger partial charge in [0.05, 0.1) is 16.3 Å². The number of nitrogen functional groups attached to an aromatic ring is 1. The lowest BCUT2D eigenvalue weighted by molar-refractivity contribution is 0.0955. The maximum atomic E-state index is 12.1. The van der Waals surface area contributed by atoms with Crippen LogP contribution in [0.2, 0.25) is 10.0 Å². The van der Waals surface area contributed by atoms with Gasteiger partial charge in [-0.15, -0.1) is 0 Å². The Morgan fingerprint density at radius 2 is 1.91 bits per heavy atom. The predicted molar refractivity (Wildman–Crippen MR) is 91.6 cm³/mol. The average molecular weight is 336 g/mol. The monoisotopic (exact) mass is 335 g/mol. The third-order valence-electron chi connectivity index (χ3n) is 3.07. The van der Waals surface area contributed by atoms with Crippen molar-refractivity contribution < 1.29 is 4.79 Å². The number of amides is 1. The molecule has 0 heterocycles. The lowest BCUT2D eigenvalue weighted by atomic mass is 10.1. The zero-order valence-corrected chi connectivity index (χ0v) is 13.4. The van der Waals surface area contributed by atoms with Crippen LogP contribution in [0, 0.1) is 0 Å². The molecule has 22 heavy (non-hydrogen) atoms. The minimum absolute atomic E-state index is 0.363. The number of carbonyl (C=O) groups excluding carboxylic acids is 1. The summed E-state index contributed by atoms with van der Waals surface area (Å²) in [6.45, 7) is 1.92. The van der Waals surface area contributed by atoms with E-state index in [1.807, 2.05) is 6.92 Å². The second-order valence-corrected chi connectivity index (χ2v) is 5.41.